The van der Waals surface area contributed by atoms with E-state index in [1.54, 1.807) is 20.8 Å². The highest BCUT2D eigenvalue weighted by Gasteiger charge is 2.37. The van der Waals surface area contributed by atoms with Crippen LogP contribution in [0.4, 0.5) is 31.1 Å². The van der Waals surface area contributed by atoms with E-state index in [0.717, 1.165) is 10.7 Å². The number of unbranched alkanes of at least 4 members (excludes halogenated alkanes) is 4. The van der Waals surface area contributed by atoms with Crippen LogP contribution in [0.3, 0.4) is 0 Å². The molecule has 3 N–H and O–H groups in total. The zero-order valence-corrected chi connectivity index (χ0v) is 28.5. The number of nitrogens with one attached hydrogen (secondary N) is 3. The minimum Gasteiger partial charge on any atom is -0.444 e. The lowest BCUT2D eigenvalue weighted by Crippen LogP contribution is -2.33. The van der Waals surface area contributed by atoms with Crippen LogP contribution in [0.25, 0.3) is 0 Å². The van der Waals surface area contributed by atoms with E-state index < -0.39 is 62.6 Å². The number of benzene rings is 2. The van der Waals surface area contributed by atoms with E-state index in [1.807, 2.05) is 0 Å². The zero-order valence-electron chi connectivity index (χ0n) is 27.7. The number of ether oxygens (including phenoxy) is 1. The number of rotatable bonds is 16. The first-order valence-corrected chi connectivity index (χ1v) is 16.9. The highest BCUT2D eigenvalue weighted by atomic mass is 32.2. The third-order valence-electron chi connectivity index (χ3n) is 6.90. The van der Waals surface area contributed by atoms with E-state index in [9.17, 15) is 49.1 Å². The largest absolute Gasteiger partial charge is 0.444 e. The maximum absolute atomic E-state index is 13.1. The Morgan fingerprint density at radius 3 is 1.69 bits per heavy atom. The normalized spacial score (nSPS) is 12.5. The Morgan fingerprint density at radius 2 is 1.18 bits per heavy atom. The molecular weight excluding hydrogens is 682 g/mol. The first-order valence-electron chi connectivity index (χ1n) is 15.5. The van der Waals surface area contributed by atoms with Crippen molar-refractivity contribution in [3.8, 4) is 0 Å². The van der Waals surface area contributed by atoms with Gasteiger partial charge in [0.05, 0.1) is 16.0 Å². The van der Waals surface area contributed by atoms with Crippen molar-refractivity contribution < 1.29 is 53.9 Å². The minimum atomic E-state index is -5.08. The number of halogens is 6. The van der Waals surface area contributed by atoms with Gasteiger partial charge in [0.1, 0.15) is 5.60 Å². The van der Waals surface area contributed by atoms with Crippen LogP contribution in [0.2, 0.25) is 0 Å². The lowest BCUT2D eigenvalue weighted by molar-refractivity contribution is -0.143. The summed E-state index contributed by atoms with van der Waals surface area (Å²) < 4.78 is 111. The highest BCUT2D eigenvalue weighted by molar-refractivity contribution is 7.89. The molecule has 0 aliphatic heterocycles. The van der Waals surface area contributed by atoms with Gasteiger partial charge in [-0.15, -0.1) is 0 Å². The molecule has 0 fully saturated rings. The number of sulfonamides is 1. The molecule has 0 saturated heterocycles. The predicted molar refractivity (Wildman–Crippen MR) is 169 cm³/mol. The molecule has 0 aliphatic carbocycles. The quantitative estimate of drug-likeness (QED) is 0.136. The summed E-state index contributed by atoms with van der Waals surface area (Å²) in [6, 6.07) is 6.18. The van der Waals surface area contributed by atoms with Crippen LogP contribution >= 0.6 is 0 Å². The number of alkyl carbamates (subject to hydrolysis) is 1. The van der Waals surface area contributed by atoms with E-state index in [0.29, 0.717) is 50.9 Å². The standard InChI is InChI=1S/C32H42F6N4O6S/c1-30(2,3)48-29(45)41-16-8-5-7-14-39-27(43)22-12-11-13-26(20-22)49(46,47)42(4)17-10-6-9-15-40-28(44)23-18-24(31(33,34)35)21-25(19-23)32(36,37)38/h11-13,18-21H,5-10,14-17H2,1-4H3,(H,39,43)(H,40,44)(H,41,45). The Morgan fingerprint density at radius 1 is 0.694 bits per heavy atom. The lowest BCUT2D eigenvalue weighted by Gasteiger charge is -2.19. The topological polar surface area (TPSA) is 134 Å². The van der Waals surface area contributed by atoms with Gasteiger partial charge in [-0.1, -0.05) is 12.5 Å². The number of alkyl halides is 6. The Labute approximate surface area is 282 Å². The van der Waals surface area contributed by atoms with Crippen molar-refractivity contribution in [2.24, 2.45) is 0 Å². The zero-order chi connectivity index (χ0) is 37.0. The van der Waals surface area contributed by atoms with Crippen LogP contribution in [0.1, 0.15) is 91.1 Å². The van der Waals surface area contributed by atoms with Crippen LogP contribution in [0.15, 0.2) is 47.4 Å². The molecule has 0 spiro atoms. The maximum Gasteiger partial charge on any atom is 0.416 e. The van der Waals surface area contributed by atoms with E-state index in [-0.39, 0.29) is 36.0 Å². The van der Waals surface area contributed by atoms with Crippen molar-refractivity contribution in [3.63, 3.8) is 0 Å². The van der Waals surface area contributed by atoms with Crippen LogP contribution in [0, 0.1) is 0 Å². The number of carbonyl (C=O) groups is 3. The molecule has 2 rings (SSSR count). The first-order chi connectivity index (χ1) is 22.6. The lowest BCUT2D eigenvalue weighted by atomic mass is 10.0. The SMILES string of the molecule is CN(CCCCCNC(=O)c1cc(C(F)(F)F)cc(C(F)(F)F)c1)S(=O)(=O)c1cccc(C(=O)NCCCCCNC(=O)OC(C)(C)C)c1. The molecule has 3 amide bonds. The fourth-order valence-corrected chi connectivity index (χ4v) is 5.62. The fourth-order valence-electron chi connectivity index (χ4n) is 4.36. The second-order valence-corrected chi connectivity index (χ2v) is 14.3. The summed E-state index contributed by atoms with van der Waals surface area (Å²) in [5, 5.41) is 7.68. The Bertz CT molecular complexity index is 1510. The summed E-state index contributed by atoms with van der Waals surface area (Å²) in [5.41, 5.74) is -4.41. The molecule has 2 aromatic carbocycles. The summed E-state index contributed by atoms with van der Waals surface area (Å²) in [4.78, 5) is 36.5. The minimum absolute atomic E-state index is 0.0625. The summed E-state index contributed by atoms with van der Waals surface area (Å²) in [6.45, 7) is 6.07. The smallest absolute Gasteiger partial charge is 0.416 e. The third-order valence-corrected chi connectivity index (χ3v) is 8.75. The van der Waals surface area contributed by atoms with E-state index in [1.165, 1.54) is 31.3 Å². The van der Waals surface area contributed by atoms with Crippen molar-refractivity contribution in [1.29, 1.82) is 0 Å². The Hall–Kier alpha value is -3.86. The second kappa shape index (κ2) is 17.7. The van der Waals surface area contributed by atoms with Gasteiger partial charge in [-0.05, 0) is 89.3 Å². The van der Waals surface area contributed by atoms with Gasteiger partial charge in [0.25, 0.3) is 11.8 Å². The fraction of sp³-hybridized carbons (Fsp3) is 0.531. The summed E-state index contributed by atoms with van der Waals surface area (Å²) in [6.07, 6.45) is -7.63. The summed E-state index contributed by atoms with van der Waals surface area (Å²) in [7, 11) is -2.61. The maximum atomic E-state index is 13.1. The number of hydrogen-bond acceptors (Lipinski definition) is 6. The van der Waals surface area contributed by atoms with Crippen molar-refractivity contribution in [1.82, 2.24) is 20.3 Å². The van der Waals surface area contributed by atoms with E-state index in [4.69, 9.17) is 4.74 Å². The molecule has 17 heteroatoms. The molecule has 0 aromatic heterocycles. The number of carbonyl (C=O) groups excluding carboxylic acids is 3. The molecule has 0 bridgehead atoms. The van der Waals surface area contributed by atoms with Crippen molar-refractivity contribution in [3.05, 3.63) is 64.7 Å². The van der Waals surface area contributed by atoms with Crippen LogP contribution < -0.4 is 16.0 Å². The van der Waals surface area contributed by atoms with Gasteiger partial charge >= 0.3 is 18.4 Å². The summed E-state index contributed by atoms with van der Waals surface area (Å²) >= 11 is 0. The molecule has 0 aliphatic rings. The van der Waals surface area contributed by atoms with Gasteiger partial charge in [0.15, 0.2) is 0 Å². The first kappa shape index (κ1) is 41.3. The molecule has 2 aromatic rings. The van der Waals surface area contributed by atoms with Gasteiger partial charge < -0.3 is 20.7 Å². The second-order valence-electron chi connectivity index (χ2n) is 12.2. The average Bonchev–Trinajstić information content (AvgIpc) is 2.99. The molecule has 0 radical (unpaired) electrons. The van der Waals surface area contributed by atoms with E-state index >= 15 is 0 Å². The highest BCUT2D eigenvalue weighted by Crippen LogP contribution is 2.36. The molecule has 10 nitrogen and oxygen atoms in total. The molecule has 49 heavy (non-hydrogen) atoms. The van der Waals surface area contributed by atoms with Crippen molar-refractivity contribution in [2.75, 3.05) is 33.2 Å². The summed E-state index contributed by atoms with van der Waals surface area (Å²) in [5.74, 6) is -1.55. The monoisotopic (exact) mass is 724 g/mol. The van der Waals surface area contributed by atoms with Gasteiger partial charge in [-0.3, -0.25) is 9.59 Å². The van der Waals surface area contributed by atoms with Crippen LogP contribution in [-0.4, -0.2) is 69.5 Å². The molecule has 0 saturated carbocycles. The molecule has 0 unspecified atom stereocenters. The third kappa shape index (κ3) is 14.3. The Kier molecular flexibility index (Phi) is 14.9. The molecule has 0 heterocycles. The molecule has 274 valence electrons. The van der Waals surface area contributed by atoms with Crippen molar-refractivity contribution in [2.45, 2.75) is 82.1 Å². The number of amides is 3. The number of nitrogens with zero attached hydrogens (tertiary/aromatic N) is 1. The molecule has 0 atom stereocenters. The van der Waals surface area contributed by atoms with Crippen LogP contribution in [-0.2, 0) is 27.1 Å². The van der Waals surface area contributed by atoms with Gasteiger partial charge in [-0.25, -0.2) is 17.5 Å². The van der Waals surface area contributed by atoms with Crippen LogP contribution in [0.5, 0.6) is 0 Å². The average molecular weight is 725 g/mol. The van der Waals surface area contributed by atoms with Gasteiger partial charge in [0.2, 0.25) is 10.0 Å². The van der Waals surface area contributed by atoms with Gasteiger partial charge in [-0.2, -0.15) is 26.3 Å². The molecular formula is C32H42F6N4O6S. The van der Waals surface area contributed by atoms with Gasteiger partial charge in [0, 0.05) is 44.4 Å². The predicted octanol–water partition coefficient (Wildman–Crippen LogP) is 6.37. The number of hydrogen-bond donors (Lipinski definition) is 3. The Balaban J connectivity index is 1.78. The van der Waals surface area contributed by atoms with Crippen molar-refractivity contribution >= 4 is 27.9 Å². The van der Waals surface area contributed by atoms with E-state index in [2.05, 4.69) is 16.0 Å².